The van der Waals surface area contributed by atoms with Crippen LogP contribution in [-0.2, 0) is 21.2 Å². The summed E-state index contributed by atoms with van der Waals surface area (Å²) in [6.45, 7) is -0.368. The largest absolute Gasteiger partial charge is 0.506 e. The standard InChI is InChI=1S/C23H21N3O6S/c1-31-22-5-3-2-4-19(22)26-33(29,30)18-10-11-21(27)20(14-18)25-23(28)15-32-17-8-6-16(7-9-17)12-13-24/h2-11,14,26-27H,12,15H2,1H3,(H,25,28). The lowest BCUT2D eigenvalue weighted by Crippen LogP contribution is -2.20. The van der Waals surface area contributed by atoms with Gasteiger partial charge in [-0.2, -0.15) is 5.26 Å². The maximum atomic E-state index is 12.8. The number of carbonyl (C=O) groups excluding carboxylic acids is 1. The molecule has 10 heteroatoms. The summed E-state index contributed by atoms with van der Waals surface area (Å²) < 4.78 is 38.6. The molecule has 0 bridgehead atoms. The van der Waals surface area contributed by atoms with Crippen molar-refractivity contribution in [3.8, 4) is 23.3 Å². The minimum Gasteiger partial charge on any atom is -0.506 e. The number of anilines is 2. The van der Waals surface area contributed by atoms with Crippen LogP contribution in [0.1, 0.15) is 5.56 Å². The summed E-state index contributed by atoms with van der Waals surface area (Å²) in [5.41, 5.74) is 0.975. The number of sulfonamides is 1. The number of methoxy groups -OCH3 is 1. The third-order valence-corrected chi connectivity index (χ3v) is 5.84. The SMILES string of the molecule is COc1ccccc1NS(=O)(=O)c1ccc(O)c(NC(=O)COc2ccc(CC#N)cc2)c1. The van der Waals surface area contributed by atoms with Crippen molar-refractivity contribution >= 4 is 27.3 Å². The first-order chi connectivity index (χ1) is 15.8. The molecule has 0 spiro atoms. The topological polar surface area (TPSA) is 138 Å². The molecule has 3 N–H and O–H groups in total. The second-order valence-corrected chi connectivity index (χ2v) is 8.48. The second-order valence-electron chi connectivity index (χ2n) is 6.80. The molecule has 0 aliphatic carbocycles. The van der Waals surface area contributed by atoms with Gasteiger partial charge in [0.05, 0.1) is 35.9 Å². The van der Waals surface area contributed by atoms with Crippen molar-refractivity contribution in [1.82, 2.24) is 0 Å². The lowest BCUT2D eigenvalue weighted by Gasteiger charge is -2.13. The first-order valence-corrected chi connectivity index (χ1v) is 11.2. The smallest absolute Gasteiger partial charge is 0.262 e. The highest BCUT2D eigenvalue weighted by atomic mass is 32.2. The monoisotopic (exact) mass is 467 g/mol. The second kappa shape index (κ2) is 10.4. The Bertz CT molecular complexity index is 1280. The summed E-state index contributed by atoms with van der Waals surface area (Å²) in [6.07, 6.45) is 0.269. The van der Waals surface area contributed by atoms with Gasteiger partial charge in [0, 0.05) is 0 Å². The number of nitriles is 1. The molecular formula is C23H21N3O6S. The number of nitrogens with zero attached hydrogens (tertiary/aromatic N) is 1. The van der Waals surface area contributed by atoms with E-state index in [1.54, 1.807) is 48.5 Å². The predicted octanol–water partition coefficient (Wildman–Crippen LogP) is 3.29. The van der Waals surface area contributed by atoms with Crippen molar-refractivity contribution in [2.45, 2.75) is 11.3 Å². The van der Waals surface area contributed by atoms with E-state index in [1.807, 2.05) is 6.07 Å². The highest BCUT2D eigenvalue weighted by Crippen LogP contribution is 2.30. The number of benzene rings is 3. The van der Waals surface area contributed by atoms with E-state index in [4.69, 9.17) is 14.7 Å². The van der Waals surface area contributed by atoms with Crippen molar-refractivity contribution in [3.63, 3.8) is 0 Å². The van der Waals surface area contributed by atoms with Crippen LogP contribution in [0.25, 0.3) is 0 Å². The fourth-order valence-corrected chi connectivity index (χ4v) is 3.94. The maximum absolute atomic E-state index is 12.8. The zero-order chi connectivity index (χ0) is 23.8. The van der Waals surface area contributed by atoms with Gasteiger partial charge < -0.3 is 19.9 Å². The summed E-state index contributed by atoms with van der Waals surface area (Å²) in [6, 6.07) is 18.8. The molecule has 0 aromatic heterocycles. The number of amides is 1. The van der Waals surface area contributed by atoms with Crippen molar-refractivity contribution in [1.29, 1.82) is 5.26 Å². The van der Waals surface area contributed by atoms with E-state index in [2.05, 4.69) is 10.0 Å². The van der Waals surface area contributed by atoms with Crippen molar-refractivity contribution in [3.05, 3.63) is 72.3 Å². The maximum Gasteiger partial charge on any atom is 0.262 e. The van der Waals surface area contributed by atoms with E-state index in [0.717, 1.165) is 11.6 Å². The molecule has 0 unspecified atom stereocenters. The highest BCUT2D eigenvalue weighted by Gasteiger charge is 2.19. The lowest BCUT2D eigenvalue weighted by atomic mass is 10.2. The van der Waals surface area contributed by atoms with Crippen LogP contribution < -0.4 is 19.5 Å². The number of phenolic OH excluding ortho intramolecular Hbond substituents is 1. The molecule has 3 aromatic carbocycles. The van der Waals surface area contributed by atoms with Crippen LogP contribution in [0.5, 0.6) is 17.2 Å². The van der Waals surface area contributed by atoms with Gasteiger partial charge in [-0.1, -0.05) is 24.3 Å². The van der Waals surface area contributed by atoms with Crippen LogP contribution in [0.15, 0.2) is 71.6 Å². The molecule has 33 heavy (non-hydrogen) atoms. The Morgan fingerprint density at radius 3 is 2.48 bits per heavy atom. The highest BCUT2D eigenvalue weighted by molar-refractivity contribution is 7.92. The van der Waals surface area contributed by atoms with Gasteiger partial charge in [-0.05, 0) is 48.0 Å². The minimum atomic E-state index is -4.03. The molecule has 0 atom stereocenters. The average Bonchev–Trinajstić information content (AvgIpc) is 2.80. The lowest BCUT2D eigenvalue weighted by molar-refractivity contribution is -0.118. The Morgan fingerprint density at radius 2 is 1.79 bits per heavy atom. The zero-order valence-corrected chi connectivity index (χ0v) is 18.4. The molecule has 9 nitrogen and oxygen atoms in total. The number of ether oxygens (including phenoxy) is 2. The number of hydrogen-bond acceptors (Lipinski definition) is 7. The molecule has 0 aliphatic heterocycles. The number of hydrogen-bond donors (Lipinski definition) is 3. The molecule has 0 saturated heterocycles. The Hall–Kier alpha value is -4.23. The Kier molecular flexibility index (Phi) is 7.38. The number of aromatic hydroxyl groups is 1. The molecule has 3 rings (SSSR count). The fraction of sp³-hybridized carbons (Fsp3) is 0.130. The predicted molar refractivity (Wildman–Crippen MR) is 122 cm³/mol. The molecule has 0 saturated carbocycles. The molecule has 3 aromatic rings. The fourth-order valence-electron chi connectivity index (χ4n) is 2.85. The number of rotatable bonds is 9. The van der Waals surface area contributed by atoms with Gasteiger partial charge in [0.2, 0.25) is 0 Å². The number of para-hydroxylation sites is 2. The third-order valence-electron chi connectivity index (χ3n) is 4.48. The van der Waals surface area contributed by atoms with E-state index >= 15 is 0 Å². The van der Waals surface area contributed by atoms with Crippen LogP contribution in [0.4, 0.5) is 11.4 Å². The first kappa shape index (κ1) is 23.4. The van der Waals surface area contributed by atoms with Crippen molar-refractivity contribution in [2.24, 2.45) is 0 Å². The number of phenols is 1. The number of carbonyl (C=O) groups is 1. The van der Waals surface area contributed by atoms with E-state index < -0.39 is 15.9 Å². The molecule has 0 radical (unpaired) electrons. The van der Waals surface area contributed by atoms with Gasteiger partial charge in [-0.25, -0.2) is 8.42 Å². The van der Waals surface area contributed by atoms with E-state index in [9.17, 15) is 18.3 Å². The van der Waals surface area contributed by atoms with Gasteiger partial charge in [-0.3, -0.25) is 9.52 Å². The Balaban J connectivity index is 1.69. The quantitative estimate of drug-likeness (QED) is 0.411. The van der Waals surface area contributed by atoms with E-state index in [-0.39, 0.29) is 35.0 Å². The molecule has 1 amide bonds. The van der Waals surface area contributed by atoms with Gasteiger partial charge in [0.1, 0.15) is 17.2 Å². The first-order valence-electron chi connectivity index (χ1n) is 9.70. The van der Waals surface area contributed by atoms with E-state index in [1.165, 1.54) is 19.2 Å². The van der Waals surface area contributed by atoms with Gasteiger partial charge in [0.25, 0.3) is 15.9 Å². The summed E-state index contributed by atoms with van der Waals surface area (Å²) in [5, 5.41) is 21.2. The van der Waals surface area contributed by atoms with Crippen LogP contribution in [0.2, 0.25) is 0 Å². The molecule has 0 aliphatic rings. The summed E-state index contributed by atoms with van der Waals surface area (Å²) in [7, 11) is -2.61. The molecule has 0 heterocycles. The zero-order valence-electron chi connectivity index (χ0n) is 17.6. The average molecular weight is 468 g/mol. The summed E-state index contributed by atoms with van der Waals surface area (Å²) in [4.78, 5) is 12.1. The Morgan fingerprint density at radius 1 is 1.06 bits per heavy atom. The van der Waals surface area contributed by atoms with Crippen molar-refractivity contribution in [2.75, 3.05) is 23.8 Å². The van der Waals surface area contributed by atoms with Gasteiger partial charge in [0.15, 0.2) is 6.61 Å². The molecule has 170 valence electrons. The van der Waals surface area contributed by atoms with Crippen LogP contribution in [-0.4, -0.2) is 33.1 Å². The minimum absolute atomic E-state index is 0.0872. The summed E-state index contributed by atoms with van der Waals surface area (Å²) >= 11 is 0. The Labute approximate surface area is 191 Å². The molecule has 0 fully saturated rings. The normalized spacial score (nSPS) is 10.7. The van der Waals surface area contributed by atoms with Crippen LogP contribution in [0.3, 0.4) is 0 Å². The third kappa shape index (κ3) is 6.15. The van der Waals surface area contributed by atoms with Crippen LogP contribution in [0, 0.1) is 11.3 Å². The van der Waals surface area contributed by atoms with Gasteiger partial charge >= 0.3 is 0 Å². The molecular weight excluding hydrogens is 446 g/mol. The van der Waals surface area contributed by atoms with E-state index in [0.29, 0.717) is 11.5 Å². The number of nitrogens with one attached hydrogen (secondary N) is 2. The van der Waals surface area contributed by atoms with Crippen molar-refractivity contribution < 1.29 is 27.8 Å². The van der Waals surface area contributed by atoms with Crippen LogP contribution >= 0.6 is 0 Å². The summed E-state index contributed by atoms with van der Waals surface area (Å²) in [5.74, 6) is -0.140. The van der Waals surface area contributed by atoms with Gasteiger partial charge in [-0.15, -0.1) is 0 Å².